The first kappa shape index (κ1) is 22.7. The lowest BCUT2D eigenvalue weighted by Crippen LogP contribution is -2.39. The largest absolute Gasteiger partial charge is 0.481 e. The molecular formula is C21H35N3O3S. The fraction of sp³-hybridized carbons (Fsp3) is 0.714. The Balaban J connectivity index is 2.03. The standard InChI is InChI=1S/C21H35N3O3S/c1-3-11-28-15-18(21(27)23-13-16-6-7-16)8-9-19(22-2)24-10-4-5-17(14-24)12-20(25)26/h8-9,16-17,22H,3-7,10-15H2,1-2H3,(H,23,27)(H,25,26)/b18-8+,19-9+. The van der Waals surface area contributed by atoms with Crippen LogP contribution in [0.4, 0.5) is 0 Å². The molecule has 1 heterocycles. The smallest absolute Gasteiger partial charge is 0.303 e. The summed E-state index contributed by atoms with van der Waals surface area (Å²) >= 11 is 1.78. The molecule has 2 rings (SSSR count). The number of carbonyl (C=O) groups excluding carboxylic acids is 1. The number of carboxylic acid groups (broad SMARTS) is 1. The van der Waals surface area contributed by atoms with Gasteiger partial charge in [-0.3, -0.25) is 9.59 Å². The highest BCUT2D eigenvalue weighted by Crippen LogP contribution is 2.27. The monoisotopic (exact) mass is 409 g/mol. The van der Waals surface area contributed by atoms with Gasteiger partial charge in [-0.2, -0.15) is 11.8 Å². The van der Waals surface area contributed by atoms with E-state index in [1.54, 1.807) is 11.8 Å². The second-order valence-electron chi connectivity index (χ2n) is 7.75. The molecule has 0 bridgehead atoms. The summed E-state index contributed by atoms with van der Waals surface area (Å²) in [6, 6.07) is 0. The van der Waals surface area contributed by atoms with E-state index in [0.717, 1.165) is 56.0 Å². The summed E-state index contributed by atoms with van der Waals surface area (Å²) in [5.74, 6) is 2.83. The molecule has 6 nitrogen and oxygen atoms in total. The summed E-state index contributed by atoms with van der Waals surface area (Å²) in [7, 11) is 1.87. The van der Waals surface area contributed by atoms with Crippen LogP contribution in [-0.4, -0.2) is 60.1 Å². The number of allylic oxidation sites excluding steroid dienone is 2. The van der Waals surface area contributed by atoms with E-state index in [4.69, 9.17) is 5.11 Å². The van der Waals surface area contributed by atoms with Crippen LogP contribution in [0.15, 0.2) is 23.5 Å². The van der Waals surface area contributed by atoms with Gasteiger partial charge in [-0.15, -0.1) is 0 Å². The number of rotatable bonds is 12. The Morgan fingerprint density at radius 3 is 2.64 bits per heavy atom. The zero-order chi connectivity index (χ0) is 20.4. The Kier molecular flexibility index (Phi) is 9.75. The van der Waals surface area contributed by atoms with Gasteiger partial charge in [-0.1, -0.05) is 6.92 Å². The lowest BCUT2D eigenvalue weighted by atomic mass is 9.95. The van der Waals surface area contributed by atoms with E-state index in [1.165, 1.54) is 12.8 Å². The van der Waals surface area contributed by atoms with Crippen LogP contribution in [0.2, 0.25) is 0 Å². The number of thioether (sulfide) groups is 1. The van der Waals surface area contributed by atoms with Gasteiger partial charge in [-0.05, 0) is 61.8 Å². The molecule has 28 heavy (non-hydrogen) atoms. The predicted octanol–water partition coefficient (Wildman–Crippen LogP) is 2.83. The van der Waals surface area contributed by atoms with Crippen LogP contribution in [0.3, 0.4) is 0 Å². The number of aliphatic carboxylic acids is 1. The third kappa shape index (κ3) is 8.17. The van der Waals surface area contributed by atoms with E-state index in [0.29, 0.717) is 11.7 Å². The molecule has 0 radical (unpaired) electrons. The highest BCUT2D eigenvalue weighted by Gasteiger charge is 2.24. The molecule has 2 fully saturated rings. The van der Waals surface area contributed by atoms with Crippen molar-refractivity contribution in [3.63, 3.8) is 0 Å². The van der Waals surface area contributed by atoms with Gasteiger partial charge in [0, 0.05) is 44.4 Å². The third-order valence-corrected chi connectivity index (χ3v) is 6.38. The molecule has 1 unspecified atom stereocenters. The van der Waals surface area contributed by atoms with Crippen LogP contribution < -0.4 is 10.6 Å². The summed E-state index contributed by atoms with van der Waals surface area (Å²) in [4.78, 5) is 25.8. The molecule has 1 atom stereocenters. The first-order chi connectivity index (χ1) is 13.5. The van der Waals surface area contributed by atoms with E-state index >= 15 is 0 Å². The van der Waals surface area contributed by atoms with Crippen molar-refractivity contribution in [1.82, 2.24) is 15.5 Å². The second kappa shape index (κ2) is 12.0. The Morgan fingerprint density at radius 2 is 2.00 bits per heavy atom. The lowest BCUT2D eigenvalue weighted by Gasteiger charge is -2.35. The number of carboxylic acids is 1. The van der Waals surface area contributed by atoms with Gasteiger partial charge in [0.05, 0.1) is 0 Å². The van der Waals surface area contributed by atoms with Crippen LogP contribution in [0.1, 0.15) is 45.4 Å². The average Bonchev–Trinajstić information content (AvgIpc) is 3.49. The third-order valence-electron chi connectivity index (χ3n) is 5.17. The van der Waals surface area contributed by atoms with Gasteiger partial charge in [0.15, 0.2) is 0 Å². The molecule has 1 aliphatic heterocycles. The maximum absolute atomic E-state index is 12.6. The number of likely N-dealkylation sites (tertiary alicyclic amines) is 1. The molecule has 0 aromatic rings. The molecular weight excluding hydrogens is 374 g/mol. The van der Waals surface area contributed by atoms with Crippen molar-refractivity contribution in [1.29, 1.82) is 0 Å². The predicted molar refractivity (Wildman–Crippen MR) is 115 cm³/mol. The van der Waals surface area contributed by atoms with Gasteiger partial charge in [0.2, 0.25) is 5.91 Å². The number of nitrogens with zero attached hydrogens (tertiary/aromatic N) is 1. The summed E-state index contributed by atoms with van der Waals surface area (Å²) in [6.45, 7) is 4.57. The minimum Gasteiger partial charge on any atom is -0.481 e. The van der Waals surface area contributed by atoms with Crippen molar-refractivity contribution in [2.24, 2.45) is 11.8 Å². The second-order valence-corrected chi connectivity index (χ2v) is 8.86. The SMILES string of the molecule is CCCSC/C(=C\C=C(/NC)N1CCCC(CC(=O)O)C1)C(=O)NCC1CC1. The highest BCUT2D eigenvalue weighted by molar-refractivity contribution is 7.99. The normalized spacial score (nSPS) is 20.8. The maximum atomic E-state index is 12.6. The minimum atomic E-state index is -0.732. The van der Waals surface area contributed by atoms with E-state index in [1.807, 2.05) is 19.2 Å². The Bertz CT molecular complexity index is 587. The highest BCUT2D eigenvalue weighted by atomic mass is 32.2. The molecule has 0 spiro atoms. The zero-order valence-corrected chi connectivity index (χ0v) is 18.0. The molecule has 2 aliphatic rings. The molecule has 3 N–H and O–H groups in total. The van der Waals surface area contributed by atoms with Crippen molar-refractivity contribution in [2.75, 3.05) is 38.2 Å². The zero-order valence-electron chi connectivity index (χ0n) is 17.2. The molecule has 7 heteroatoms. The van der Waals surface area contributed by atoms with Gasteiger partial charge in [0.25, 0.3) is 0 Å². The van der Waals surface area contributed by atoms with E-state index in [9.17, 15) is 9.59 Å². The summed E-state index contributed by atoms with van der Waals surface area (Å²) in [6.07, 6.45) is 9.60. The first-order valence-electron chi connectivity index (χ1n) is 10.4. The Labute approximate surface area is 173 Å². The summed E-state index contributed by atoms with van der Waals surface area (Å²) < 4.78 is 0. The molecule has 1 saturated carbocycles. The van der Waals surface area contributed by atoms with Gasteiger partial charge in [-0.25, -0.2) is 0 Å². The van der Waals surface area contributed by atoms with Crippen LogP contribution in [-0.2, 0) is 9.59 Å². The van der Waals surface area contributed by atoms with Crippen LogP contribution >= 0.6 is 11.8 Å². The quantitative estimate of drug-likeness (QED) is 0.261. The van der Waals surface area contributed by atoms with Gasteiger partial charge < -0.3 is 20.6 Å². The summed E-state index contributed by atoms with van der Waals surface area (Å²) in [5.41, 5.74) is 0.797. The van der Waals surface area contributed by atoms with Gasteiger partial charge >= 0.3 is 5.97 Å². The van der Waals surface area contributed by atoms with Crippen LogP contribution in [0.5, 0.6) is 0 Å². The average molecular weight is 410 g/mol. The van der Waals surface area contributed by atoms with Crippen LogP contribution in [0.25, 0.3) is 0 Å². The lowest BCUT2D eigenvalue weighted by molar-refractivity contribution is -0.138. The number of amides is 1. The fourth-order valence-corrected chi connectivity index (χ4v) is 4.29. The molecule has 1 aliphatic carbocycles. The number of hydrogen-bond acceptors (Lipinski definition) is 5. The molecule has 1 saturated heterocycles. The van der Waals surface area contributed by atoms with Crippen molar-refractivity contribution in [2.45, 2.75) is 45.4 Å². The number of piperidine rings is 1. The molecule has 1 amide bonds. The summed E-state index contributed by atoms with van der Waals surface area (Å²) in [5, 5.41) is 15.4. The number of nitrogens with one attached hydrogen (secondary N) is 2. The number of hydrogen-bond donors (Lipinski definition) is 3. The Hall–Kier alpha value is -1.63. The minimum absolute atomic E-state index is 0.0320. The maximum Gasteiger partial charge on any atom is 0.303 e. The van der Waals surface area contributed by atoms with E-state index in [2.05, 4.69) is 22.5 Å². The molecule has 0 aromatic carbocycles. The van der Waals surface area contributed by atoms with Crippen LogP contribution in [0, 0.1) is 11.8 Å². The fourth-order valence-electron chi connectivity index (χ4n) is 3.41. The van der Waals surface area contributed by atoms with E-state index < -0.39 is 5.97 Å². The molecule has 0 aromatic heterocycles. The Morgan fingerprint density at radius 1 is 1.21 bits per heavy atom. The molecule has 158 valence electrons. The van der Waals surface area contributed by atoms with Crippen molar-refractivity contribution in [3.05, 3.63) is 23.5 Å². The van der Waals surface area contributed by atoms with E-state index in [-0.39, 0.29) is 18.2 Å². The van der Waals surface area contributed by atoms with Crippen molar-refractivity contribution >= 4 is 23.6 Å². The topological polar surface area (TPSA) is 81.7 Å². The first-order valence-corrected chi connectivity index (χ1v) is 11.6. The number of carbonyl (C=O) groups is 2. The van der Waals surface area contributed by atoms with Crippen molar-refractivity contribution < 1.29 is 14.7 Å². The van der Waals surface area contributed by atoms with Gasteiger partial charge in [0.1, 0.15) is 5.82 Å². The van der Waals surface area contributed by atoms with Crippen molar-refractivity contribution in [3.8, 4) is 0 Å².